The van der Waals surface area contributed by atoms with Gasteiger partial charge in [0.15, 0.2) is 23.0 Å². The summed E-state index contributed by atoms with van der Waals surface area (Å²) in [6, 6.07) is 9.35. The topological polar surface area (TPSA) is 79.4 Å². The maximum Gasteiger partial charge on any atom is 0.164 e. The molecule has 0 saturated heterocycles. The van der Waals surface area contributed by atoms with Crippen LogP contribution in [-0.4, -0.2) is 79.5 Å². The molecule has 8 nitrogen and oxygen atoms in total. The molecule has 2 N–H and O–H groups in total. The maximum absolute atomic E-state index is 6.77. The molecule has 0 heterocycles. The molecule has 5 fully saturated rings. The van der Waals surface area contributed by atoms with Crippen LogP contribution in [0.25, 0.3) is 0 Å². The number of hydrogen-bond acceptors (Lipinski definition) is 8. The highest BCUT2D eigenvalue weighted by Crippen LogP contribution is 2.64. The standard InChI is InChI=1S/C58H94N2O6/c1-16-41-22-24-47(53(63-14)51(41)57-30-46(60-34-40-20-21-40)45(57)29-44(49(31-57)61-12)38(5)56(9,10)11)65-26-27-66-48-25-23-42(17-2)52(54(48)64-15)58(35-59-33-39-18-19-39)32-50(62-13)43(28-36(58)3)37(4)55(6,7)8/h22-25,36-40,43-46,49-50,59-60H,16-21,26-35H2,1-15H3/t36?,37?,38?,43?,44?,45?,46?,49?,50?,57-,58?/m0/s1. The van der Waals surface area contributed by atoms with Crippen molar-refractivity contribution in [1.82, 2.24) is 10.6 Å². The van der Waals surface area contributed by atoms with E-state index in [1.165, 1.54) is 47.9 Å². The summed E-state index contributed by atoms with van der Waals surface area (Å²) in [6.45, 7) is 30.2. The Balaban J connectivity index is 1.15. The number of rotatable bonds is 22. The van der Waals surface area contributed by atoms with Crippen molar-refractivity contribution in [1.29, 1.82) is 0 Å². The normalized spacial score (nSPS) is 31.1. The summed E-state index contributed by atoms with van der Waals surface area (Å²) in [6.07, 6.45) is 12.9. The van der Waals surface area contributed by atoms with Crippen molar-refractivity contribution in [3.63, 3.8) is 0 Å². The van der Waals surface area contributed by atoms with Gasteiger partial charge in [0.2, 0.25) is 0 Å². The zero-order valence-corrected chi connectivity index (χ0v) is 44.4. The van der Waals surface area contributed by atoms with Gasteiger partial charge in [-0.1, -0.05) is 88.3 Å². The Kier molecular flexibility index (Phi) is 16.2. The molecule has 0 aliphatic heterocycles. The van der Waals surface area contributed by atoms with E-state index in [9.17, 15) is 0 Å². The minimum Gasteiger partial charge on any atom is -0.493 e. The summed E-state index contributed by atoms with van der Waals surface area (Å²) in [4.78, 5) is 0. The molecular formula is C58H94N2O6. The molecule has 5 aliphatic carbocycles. The van der Waals surface area contributed by atoms with Crippen molar-refractivity contribution < 1.29 is 28.4 Å². The second-order valence-corrected chi connectivity index (χ2v) is 24.3. The highest BCUT2D eigenvalue weighted by molar-refractivity contribution is 5.58. The van der Waals surface area contributed by atoms with E-state index in [-0.39, 0.29) is 33.9 Å². The zero-order chi connectivity index (χ0) is 47.8. The summed E-state index contributed by atoms with van der Waals surface area (Å²) in [7, 11) is 7.53. The summed E-state index contributed by atoms with van der Waals surface area (Å²) < 4.78 is 39.5. The van der Waals surface area contributed by atoms with Gasteiger partial charge in [0, 0.05) is 48.8 Å². The smallest absolute Gasteiger partial charge is 0.164 e. The number of hydrogen-bond donors (Lipinski definition) is 2. The molecule has 0 aromatic heterocycles. The molecule has 66 heavy (non-hydrogen) atoms. The lowest BCUT2D eigenvalue weighted by Gasteiger charge is -2.63. The van der Waals surface area contributed by atoms with Crippen molar-refractivity contribution in [2.45, 2.75) is 176 Å². The van der Waals surface area contributed by atoms with Gasteiger partial charge in [0.1, 0.15) is 13.2 Å². The molecule has 0 radical (unpaired) electrons. The third-order valence-electron chi connectivity index (χ3n) is 18.7. The van der Waals surface area contributed by atoms with Crippen LogP contribution in [0.2, 0.25) is 0 Å². The van der Waals surface area contributed by atoms with Gasteiger partial charge >= 0.3 is 0 Å². The molecule has 11 atom stereocenters. The van der Waals surface area contributed by atoms with Crippen LogP contribution in [0.15, 0.2) is 24.3 Å². The molecule has 2 aromatic carbocycles. The fourth-order valence-corrected chi connectivity index (χ4v) is 13.4. The summed E-state index contributed by atoms with van der Waals surface area (Å²) >= 11 is 0. The van der Waals surface area contributed by atoms with Crippen molar-refractivity contribution in [2.75, 3.05) is 61.3 Å². The average Bonchev–Trinajstić information content (AvgIpc) is 4.24. The lowest BCUT2D eigenvalue weighted by Crippen LogP contribution is -2.66. The molecule has 5 aliphatic rings. The molecule has 2 aromatic rings. The first-order valence-electron chi connectivity index (χ1n) is 26.6. The van der Waals surface area contributed by atoms with Crippen LogP contribution in [-0.2, 0) is 33.1 Å². The van der Waals surface area contributed by atoms with Crippen LogP contribution in [0.3, 0.4) is 0 Å². The van der Waals surface area contributed by atoms with E-state index in [1.54, 1.807) is 0 Å². The lowest BCUT2D eigenvalue weighted by atomic mass is 9.44. The molecule has 0 spiro atoms. The minimum absolute atomic E-state index is 0.0420. The Morgan fingerprint density at radius 1 is 0.652 bits per heavy atom. The van der Waals surface area contributed by atoms with Crippen LogP contribution in [0.4, 0.5) is 0 Å². The molecule has 5 saturated carbocycles. The van der Waals surface area contributed by atoms with Gasteiger partial charge in [-0.05, 0) is 165 Å². The highest BCUT2D eigenvalue weighted by atomic mass is 16.5. The minimum atomic E-state index is -0.183. The van der Waals surface area contributed by atoms with Crippen LogP contribution in [0, 0.1) is 58.2 Å². The van der Waals surface area contributed by atoms with E-state index >= 15 is 0 Å². The summed E-state index contributed by atoms with van der Waals surface area (Å²) in [5.74, 6) is 7.94. The van der Waals surface area contributed by atoms with Crippen molar-refractivity contribution in [3.8, 4) is 23.0 Å². The first kappa shape index (κ1) is 51.3. The first-order chi connectivity index (χ1) is 31.4. The van der Waals surface area contributed by atoms with Gasteiger partial charge in [-0.2, -0.15) is 0 Å². The fraction of sp³-hybridized carbons (Fsp3) is 0.793. The van der Waals surface area contributed by atoms with Gasteiger partial charge in [-0.25, -0.2) is 0 Å². The Hall–Kier alpha value is -2.52. The van der Waals surface area contributed by atoms with E-state index in [4.69, 9.17) is 28.4 Å². The second kappa shape index (κ2) is 20.8. The fourth-order valence-electron chi connectivity index (χ4n) is 13.4. The molecular weight excluding hydrogens is 821 g/mol. The van der Waals surface area contributed by atoms with Crippen molar-refractivity contribution in [3.05, 3.63) is 46.5 Å². The largest absolute Gasteiger partial charge is 0.493 e. The predicted molar refractivity (Wildman–Crippen MR) is 271 cm³/mol. The number of fused-ring (bicyclic) bond motifs is 1. The maximum atomic E-state index is 6.77. The predicted octanol–water partition coefficient (Wildman–Crippen LogP) is 12.0. The Labute approximate surface area is 402 Å². The van der Waals surface area contributed by atoms with Crippen LogP contribution >= 0.6 is 0 Å². The molecule has 8 heteroatoms. The highest BCUT2D eigenvalue weighted by Gasteiger charge is 2.62. The van der Waals surface area contributed by atoms with E-state index < -0.39 is 0 Å². The summed E-state index contributed by atoms with van der Waals surface area (Å²) in [5, 5.41) is 8.08. The van der Waals surface area contributed by atoms with E-state index in [0.717, 1.165) is 99.4 Å². The first-order valence-corrected chi connectivity index (χ1v) is 26.6. The van der Waals surface area contributed by atoms with Gasteiger partial charge in [-0.15, -0.1) is 0 Å². The van der Waals surface area contributed by atoms with Gasteiger partial charge < -0.3 is 39.1 Å². The monoisotopic (exact) mass is 915 g/mol. The third kappa shape index (κ3) is 10.3. The molecule has 0 bridgehead atoms. The quantitative estimate of drug-likeness (QED) is 0.113. The van der Waals surface area contributed by atoms with Crippen LogP contribution < -0.4 is 29.6 Å². The molecule has 372 valence electrons. The SMILES string of the molecule is CCc1ccc(OCCOc2ccc(CC)c([C@]34CC(NCC5CC5)C3CC(C(C)C(C)(C)C)C(OC)C4)c2OC)c(OC)c1C1(CNCC2CC2)CC(OC)C(C(C)C(C)(C)C)CC1C. The van der Waals surface area contributed by atoms with Crippen LogP contribution in [0.1, 0.15) is 156 Å². The zero-order valence-electron chi connectivity index (χ0n) is 44.4. The number of benzene rings is 2. The van der Waals surface area contributed by atoms with Gasteiger partial charge in [-0.3, -0.25) is 0 Å². The average molecular weight is 915 g/mol. The molecule has 7 rings (SSSR count). The number of methoxy groups -OCH3 is 4. The number of nitrogens with one attached hydrogen (secondary N) is 2. The summed E-state index contributed by atoms with van der Waals surface area (Å²) in [5.41, 5.74) is 5.52. The Bertz CT molecular complexity index is 1910. The third-order valence-corrected chi connectivity index (χ3v) is 18.7. The molecule has 10 unspecified atom stereocenters. The van der Waals surface area contributed by atoms with E-state index in [1.807, 2.05) is 28.4 Å². The molecule has 0 amide bonds. The van der Waals surface area contributed by atoms with Crippen LogP contribution in [0.5, 0.6) is 23.0 Å². The number of aryl methyl sites for hydroxylation is 2. The number of ether oxygens (including phenoxy) is 6. The van der Waals surface area contributed by atoms with Gasteiger partial charge in [0.25, 0.3) is 0 Å². The second-order valence-electron chi connectivity index (χ2n) is 24.3. The Morgan fingerprint density at radius 2 is 1.15 bits per heavy atom. The Morgan fingerprint density at radius 3 is 1.65 bits per heavy atom. The lowest BCUT2D eigenvalue weighted by molar-refractivity contribution is -0.112. The van der Waals surface area contributed by atoms with E-state index in [2.05, 4.69) is 111 Å². The van der Waals surface area contributed by atoms with Gasteiger partial charge in [0.05, 0.1) is 26.4 Å². The van der Waals surface area contributed by atoms with Crippen molar-refractivity contribution >= 4 is 0 Å². The van der Waals surface area contributed by atoms with E-state index in [0.29, 0.717) is 54.8 Å². The van der Waals surface area contributed by atoms with Crippen molar-refractivity contribution in [2.24, 2.45) is 58.2 Å².